The molecule has 0 spiro atoms. The molecule has 0 aromatic heterocycles. The van der Waals surface area contributed by atoms with Crippen LogP contribution in [0.1, 0.15) is 85.5 Å². The van der Waals surface area contributed by atoms with Gasteiger partial charge in [-0.3, -0.25) is 4.79 Å². The van der Waals surface area contributed by atoms with Gasteiger partial charge in [-0.2, -0.15) is 0 Å². The first kappa shape index (κ1) is 16.6. The summed E-state index contributed by atoms with van der Waals surface area (Å²) in [6.07, 6.45) is 9.00. The van der Waals surface area contributed by atoms with Gasteiger partial charge in [0.05, 0.1) is 11.1 Å². The van der Waals surface area contributed by atoms with Crippen molar-refractivity contribution >= 4 is 5.78 Å². The fourth-order valence-corrected chi connectivity index (χ4v) is 3.32. The number of carbonyl (C=O) groups is 1. The molecule has 1 saturated heterocycles. The monoisotopic (exact) mass is 268 g/mol. The van der Waals surface area contributed by atoms with Gasteiger partial charge in [-0.1, -0.05) is 45.4 Å². The van der Waals surface area contributed by atoms with Crippen molar-refractivity contribution in [3.05, 3.63) is 0 Å². The average Bonchev–Trinajstić information content (AvgIpc) is 2.30. The predicted molar refractivity (Wildman–Crippen MR) is 77.2 cm³/mol. The van der Waals surface area contributed by atoms with Gasteiger partial charge >= 0.3 is 0 Å². The van der Waals surface area contributed by atoms with E-state index in [0.29, 0.717) is 12.8 Å². The summed E-state index contributed by atoms with van der Waals surface area (Å²) in [5.74, 6) is 0.241. The third kappa shape index (κ3) is 4.57. The quantitative estimate of drug-likeness (QED) is 0.646. The Morgan fingerprint density at radius 1 is 1.00 bits per heavy atom. The second-order valence-electron chi connectivity index (χ2n) is 7.01. The molecule has 1 aliphatic rings. The average molecular weight is 268 g/mol. The van der Waals surface area contributed by atoms with Crippen LogP contribution in [0, 0.1) is 0 Å². The van der Waals surface area contributed by atoms with Gasteiger partial charge in [0.2, 0.25) is 0 Å². The zero-order valence-corrected chi connectivity index (χ0v) is 13.1. The van der Waals surface area contributed by atoms with Crippen molar-refractivity contribution in [2.24, 2.45) is 0 Å². The number of piperidine rings is 1. The number of carbonyl (C=O) groups excluding carboxylic acids is 1. The summed E-state index contributed by atoms with van der Waals surface area (Å²) in [6, 6.07) is 0. The van der Waals surface area contributed by atoms with Gasteiger partial charge < -0.3 is 0 Å². The summed E-state index contributed by atoms with van der Waals surface area (Å²) < 4.78 is 0. The number of hydrogen-bond donors (Lipinski definition) is 0. The lowest BCUT2D eigenvalue weighted by Crippen LogP contribution is -2.59. The number of hydroxylamine groups is 2. The standard InChI is InChI=1S/C16H30NO2/c1-5-6-7-8-9-10-11-16(4)13-14(18)12-15(2,3)17(16)19/h5-13H2,1-4H3. The van der Waals surface area contributed by atoms with Crippen LogP contribution in [0.5, 0.6) is 0 Å². The molecule has 0 aromatic carbocycles. The Hall–Kier alpha value is -0.410. The molecular weight excluding hydrogens is 238 g/mol. The van der Waals surface area contributed by atoms with Crippen LogP contribution in [0.3, 0.4) is 0 Å². The van der Waals surface area contributed by atoms with Gasteiger partial charge in [-0.25, -0.2) is 0 Å². The first-order chi connectivity index (χ1) is 8.82. The van der Waals surface area contributed by atoms with Gasteiger partial charge in [0.15, 0.2) is 0 Å². The SMILES string of the molecule is CCCCCCCCC1(C)CC(=O)CC(C)(C)N1[O]. The van der Waals surface area contributed by atoms with Gasteiger partial charge in [0.25, 0.3) is 0 Å². The lowest BCUT2D eigenvalue weighted by atomic mass is 9.77. The highest BCUT2D eigenvalue weighted by molar-refractivity contribution is 5.81. The second kappa shape index (κ2) is 6.85. The fraction of sp³-hybridized carbons (Fsp3) is 0.938. The number of hydrogen-bond acceptors (Lipinski definition) is 2. The van der Waals surface area contributed by atoms with E-state index >= 15 is 0 Å². The molecule has 0 saturated carbocycles. The van der Waals surface area contributed by atoms with E-state index in [4.69, 9.17) is 0 Å². The van der Waals surface area contributed by atoms with Crippen LogP contribution in [0.15, 0.2) is 0 Å². The molecule has 0 N–H and O–H groups in total. The predicted octanol–water partition coefficient (Wildman–Crippen LogP) is 4.28. The summed E-state index contributed by atoms with van der Waals surface area (Å²) >= 11 is 0. The van der Waals surface area contributed by atoms with Crippen molar-refractivity contribution in [1.82, 2.24) is 5.06 Å². The molecule has 3 heteroatoms. The molecule has 1 atom stereocenters. The third-order valence-electron chi connectivity index (χ3n) is 4.32. The minimum atomic E-state index is -0.535. The molecule has 111 valence electrons. The number of unbranched alkanes of at least 4 members (excludes halogenated alkanes) is 5. The van der Waals surface area contributed by atoms with Crippen molar-refractivity contribution in [3.8, 4) is 0 Å². The van der Waals surface area contributed by atoms with Crippen LogP contribution in [0.4, 0.5) is 0 Å². The lowest BCUT2D eigenvalue weighted by Gasteiger charge is -2.47. The normalized spacial score (nSPS) is 27.7. The highest BCUT2D eigenvalue weighted by Crippen LogP contribution is 2.38. The van der Waals surface area contributed by atoms with Crippen LogP contribution in [-0.2, 0) is 10.0 Å². The molecule has 3 nitrogen and oxygen atoms in total. The topological polar surface area (TPSA) is 40.2 Å². The minimum Gasteiger partial charge on any atom is -0.300 e. The Morgan fingerprint density at radius 2 is 1.58 bits per heavy atom. The minimum absolute atomic E-state index is 0.241. The van der Waals surface area contributed by atoms with Crippen LogP contribution in [0.25, 0.3) is 0 Å². The molecule has 1 fully saturated rings. The molecule has 0 bridgehead atoms. The Morgan fingerprint density at radius 3 is 2.21 bits per heavy atom. The summed E-state index contributed by atoms with van der Waals surface area (Å²) in [7, 11) is 0. The number of Topliss-reactive ketones (excluding diaryl/α,β-unsaturated/α-hetero) is 1. The van der Waals surface area contributed by atoms with Gasteiger partial charge in [-0.05, 0) is 27.2 Å². The van der Waals surface area contributed by atoms with E-state index in [1.807, 2.05) is 20.8 Å². The van der Waals surface area contributed by atoms with Crippen LogP contribution in [-0.4, -0.2) is 21.9 Å². The highest BCUT2D eigenvalue weighted by atomic mass is 16.5. The number of nitrogens with zero attached hydrogens (tertiary/aromatic N) is 1. The zero-order chi connectivity index (χ0) is 14.5. The number of ketones is 1. The molecule has 0 aliphatic carbocycles. The maximum atomic E-state index is 12.4. The molecule has 1 radical (unpaired) electrons. The molecule has 0 amide bonds. The van der Waals surface area contributed by atoms with Gasteiger partial charge in [-0.15, -0.1) is 10.3 Å². The molecule has 1 aliphatic heterocycles. The summed E-state index contributed by atoms with van der Waals surface area (Å²) in [5, 5.41) is 13.6. The lowest BCUT2D eigenvalue weighted by molar-refractivity contribution is -0.286. The molecule has 19 heavy (non-hydrogen) atoms. The van der Waals surface area contributed by atoms with E-state index in [-0.39, 0.29) is 5.78 Å². The Labute approximate surface area is 118 Å². The van der Waals surface area contributed by atoms with Crippen molar-refractivity contribution in [2.45, 2.75) is 96.6 Å². The fourth-order valence-electron chi connectivity index (χ4n) is 3.32. The zero-order valence-electron chi connectivity index (χ0n) is 13.1. The Kier molecular flexibility index (Phi) is 6.00. The van der Waals surface area contributed by atoms with Crippen molar-refractivity contribution in [1.29, 1.82) is 0 Å². The first-order valence-corrected chi connectivity index (χ1v) is 7.81. The largest absolute Gasteiger partial charge is 0.300 e. The molecule has 0 aromatic rings. The maximum Gasteiger partial charge on any atom is 0.136 e. The smallest absolute Gasteiger partial charge is 0.136 e. The molecular formula is C16H30NO2. The van der Waals surface area contributed by atoms with E-state index in [0.717, 1.165) is 12.8 Å². The van der Waals surface area contributed by atoms with E-state index in [9.17, 15) is 10.0 Å². The second-order valence-corrected chi connectivity index (χ2v) is 7.01. The van der Waals surface area contributed by atoms with Crippen LogP contribution >= 0.6 is 0 Å². The summed E-state index contributed by atoms with van der Waals surface area (Å²) in [5.41, 5.74) is -1.02. The van der Waals surface area contributed by atoms with Crippen molar-refractivity contribution in [2.75, 3.05) is 0 Å². The van der Waals surface area contributed by atoms with Crippen molar-refractivity contribution in [3.63, 3.8) is 0 Å². The summed E-state index contributed by atoms with van der Waals surface area (Å²) in [6.45, 7) is 7.95. The van der Waals surface area contributed by atoms with Crippen LogP contribution in [0.2, 0.25) is 0 Å². The van der Waals surface area contributed by atoms with Crippen molar-refractivity contribution < 1.29 is 10.0 Å². The van der Waals surface area contributed by atoms with E-state index in [2.05, 4.69) is 6.92 Å². The first-order valence-electron chi connectivity index (χ1n) is 7.81. The molecule has 1 unspecified atom stereocenters. The van der Waals surface area contributed by atoms with Crippen LogP contribution < -0.4 is 0 Å². The Balaban J connectivity index is 2.43. The van der Waals surface area contributed by atoms with Gasteiger partial charge in [0, 0.05) is 12.8 Å². The Bertz CT molecular complexity index is 301. The van der Waals surface area contributed by atoms with Gasteiger partial charge in [0.1, 0.15) is 5.78 Å². The van der Waals surface area contributed by atoms with E-state index in [1.54, 1.807) is 0 Å². The van der Waals surface area contributed by atoms with E-state index < -0.39 is 11.1 Å². The molecule has 1 rings (SSSR count). The molecule has 1 heterocycles. The highest BCUT2D eigenvalue weighted by Gasteiger charge is 2.47. The maximum absolute atomic E-state index is 12.4. The third-order valence-corrected chi connectivity index (χ3v) is 4.32. The van der Waals surface area contributed by atoms with E-state index in [1.165, 1.54) is 37.2 Å². The number of rotatable bonds is 7. The summed E-state index contributed by atoms with van der Waals surface area (Å²) in [4.78, 5) is 11.8.